The van der Waals surface area contributed by atoms with Crippen LogP contribution >= 0.6 is 11.3 Å². The molecule has 0 atom stereocenters. The number of anilines is 1. The predicted octanol–water partition coefficient (Wildman–Crippen LogP) is 4.24. The van der Waals surface area contributed by atoms with Crippen molar-refractivity contribution in [2.45, 2.75) is 22.8 Å². The van der Waals surface area contributed by atoms with Crippen molar-refractivity contribution in [2.24, 2.45) is 0 Å². The van der Waals surface area contributed by atoms with Gasteiger partial charge in [-0.05, 0) is 61.0 Å². The quantitative estimate of drug-likeness (QED) is 0.267. The summed E-state index contributed by atoms with van der Waals surface area (Å²) in [5.41, 5.74) is 1.31. The van der Waals surface area contributed by atoms with Gasteiger partial charge < -0.3 is 20.1 Å². The largest absolute Gasteiger partial charge is 0.494 e. The first-order chi connectivity index (χ1) is 20.9. The molecule has 0 saturated carbocycles. The van der Waals surface area contributed by atoms with Crippen molar-refractivity contribution in [3.05, 3.63) is 88.9 Å². The fourth-order valence-corrected chi connectivity index (χ4v) is 7.44. The Balaban J connectivity index is 1.04. The Morgan fingerprint density at radius 3 is 2.65 bits per heavy atom. The van der Waals surface area contributed by atoms with Crippen LogP contribution in [0.1, 0.15) is 32.0 Å². The van der Waals surface area contributed by atoms with E-state index in [9.17, 15) is 18.0 Å². The number of hydrogen-bond acceptors (Lipinski definition) is 9. The second kappa shape index (κ2) is 12.6. The van der Waals surface area contributed by atoms with E-state index < -0.39 is 21.7 Å². The predicted molar refractivity (Wildman–Crippen MR) is 162 cm³/mol. The number of aromatic nitrogens is 1. The normalized spacial score (nSPS) is 16.0. The van der Waals surface area contributed by atoms with Gasteiger partial charge >= 0.3 is 0 Å². The van der Waals surface area contributed by atoms with E-state index in [4.69, 9.17) is 9.47 Å². The summed E-state index contributed by atoms with van der Waals surface area (Å²) in [6.45, 7) is 5.44. The standard InChI is InChI=1S/C31H30N4O6S2/c36-29(22-8-11-28-26(18-22)34-30(37)25-4-1-2-5-27(25)43(28,38)39)32-19-24-20-33-31(42-24)21-6-9-23(10-7-21)41-15-3-12-35-13-16-40-17-14-35/h1-2,4-11,18,20H,3,12-17,19H2,(H,32,36)(H,34,37). The molecule has 1 aromatic heterocycles. The number of benzene rings is 3. The van der Waals surface area contributed by atoms with Crippen molar-refractivity contribution in [2.75, 3.05) is 44.8 Å². The van der Waals surface area contributed by atoms with Gasteiger partial charge in [-0.1, -0.05) is 12.1 Å². The van der Waals surface area contributed by atoms with E-state index in [1.54, 1.807) is 18.3 Å². The van der Waals surface area contributed by atoms with Gasteiger partial charge in [0.25, 0.3) is 11.8 Å². The molecule has 4 aromatic rings. The van der Waals surface area contributed by atoms with E-state index in [1.807, 2.05) is 24.3 Å². The maximum Gasteiger partial charge on any atom is 0.257 e. The number of thiazole rings is 1. The number of amides is 2. The minimum atomic E-state index is -3.94. The number of carbonyl (C=O) groups excluding carboxylic acids is 2. The molecule has 0 radical (unpaired) electrons. The van der Waals surface area contributed by atoms with Gasteiger partial charge in [-0.2, -0.15) is 0 Å². The number of nitrogens with one attached hydrogen (secondary N) is 2. The van der Waals surface area contributed by atoms with Crippen LogP contribution in [0.25, 0.3) is 10.6 Å². The molecule has 43 heavy (non-hydrogen) atoms. The van der Waals surface area contributed by atoms with E-state index in [1.165, 1.54) is 41.7 Å². The fraction of sp³-hybridized carbons (Fsp3) is 0.258. The lowest BCUT2D eigenvalue weighted by molar-refractivity contribution is 0.0358. The number of sulfone groups is 1. The van der Waals surface area contributed by atoms with Crippen molar-refractivity contribution in [3.63, 3.8) is 0 Å². The lowest BCUT2D eigenvalue weighted by Crippen LogP contribution is -2.37. The third-order valence-electron chi connectivity index (χ3n) is 7.27. The van der Waals surface area contributed by atoms with Gasteiger partial charge in [0.15, 0.2) is 0 Å². The average Bonchev–Trinajstić information content (AvgIpc) is 3.49. The minimum Gasteiger partial charge on any atom is -0.494 e. The first-order valence-electron chi connectivity index (χ1n) is 13.9. The van der Waals surface area contributed by atoms with Crippen LogP contribution < -0.4 is 15.4 Å². The van der Waals surface area contributed by atoms with E-state index in [2.05, 4.69) is 20.5 Å². The van der Waals surface area contributed by atoms with Gasteiger partial charge in [0.1, 0.15) is 10.8 Å². The van der Waals surface area contributed by atoms with Crippen molar-refractivity contribution >= 4 is 38.7 Å². The molecule has 2 aliphatic heterocycles. The summed E-state index contributed by atoms with van der Waals surface area (Å²) in [4.78, 5) is 33.3. The zero-order valence-electron chi connectivity index (χ0n) is 23.2. The molecule has 6 rings (SSSR count). The Morgan fingerprint density at radius 2 is 1.84 bits per heavy atom. The molecule has 1 saturated heterocycles. The first kappa shape index (κ1) is 29.0. The van der Waals surface area contributed by atoms with Gasteiger partial charge in [0.05, 0.1) is 47.4 Å². The van der Waals surface area contributed by atoms with Crippen LogP contribution in [0.2, 0.25) is 0 Å². The van der Waals surface area contributed by atoms with Gasteiger partial charge in [-0.25, -0.2) is 13.4 Å². The Kier molecular flexibility index (Phi) is 8.52. The topological polar surface area (TPSA) is 127 Å². The van der Waals surface area contributed by atoms with Crippen molar-refractivity contribution < 1.29 is 27.5 Å². The molecular weight excluding hydrogens is 588 g/mol. The van der Waals surface area contributed by atoms with Crippen molar-refractivity contribution in [1.82, 2.24) is 15.2 Å². The molecule has 12 heteroatoms. The van der Waals surface area contributed by atoms with E-state index in [0.717, 1.165) is 60.5 Å². The van der Waals surface area contributed by atoms with Crippen LogP contribution in [-0.4, -0.2) is 69.6 Å². The van der Waals surface area contributed by atoms with Crippen LogP contribution in [0.5, 0.6) is 5.75 Å². The number of morpholine rings is 1. The molecule has 2 aliphatic rings. The smallest absolute Gasteiger partial charge is 0.257 e. The van der Waals surface area contributed by atoms with Gasteiger partial charge in [-0.15, -0.1) is 11.3 Å². The lowest BCUT2D eigenvalue weighted by Gasteiger charge is -2.26. The molecule has 0 spiro atoms. The summed E-state index contributed by atoms with van der Waals surface area (Å²) < 4.78 is 37.7. The van der Waals surface area contributed by atoms with Gasteiger partial charge in [0, 0.05) is 41.8 Å². The summed E-state index contributed by atoms with van der Waals surface area (Å²) in [6.07, 6.45) is 2.67. The highest BCUT2D eigenvalue weighted by molar-refractivity contribution is 7.91. The van der Waals surface area contributed by atoms with Crippen molar-refractivity contribution in [3.8, 4) is 16.3 Å². The third-order valence-corrected chi connectivity index (χ3v) is 10.2. The van der Waals surface area contributed by atoms with Crippen LogP contribution in [0, 0.1) is 0 Å². The Morgan fingerprint density at radius 1 is 1.05 bits per heavy atom. The highest BCUT2D eigenvalue weighted by Gasteiger charge is 2.31. The summed E-state index contributed by atoms with van der Waals surface area (Å²) in [5, 5.41) is 6.31. The Bertz CT molecular complexity index is 1750. The SMILES string of the molecule is O=C(NCc1cnc(-c2ccc(OCCCN3CCOCC3)cc2)s1)c1ccc2c(c1)NC(=O)c1ccccc1S2(=O)=O. The summed E-state index contributed by atoms with van der Waals surface area (Å²) in [5.74, 6) is -0.138. The molecular formula is C31H30N4O6S2. The Hall–Kier alpha value is -4.10. The zero-order chi connectivity index (χ0) is 29.8. The molecule has 222 valence electrons. The monoisotopic (exact) mass is 618 g/mol. The van der Waals surface area contributed by atoms with Gasteiger partial charge in [0.2, 0.25) is 9.84 Å². The zero-order valence-corrected chi connectivity index (χ0v) is 24.9. The van der Waals surface area contributed by atoms with Crippen LogP contribution in [-0.2, 0) is 21.1 Å². The lowest BCUT2D eigenvalue weighted by atomic mass is 10.1. The maximum atomic E-state index is 13.2. The molecule has 3 heterocycles. The van der Waals surface area contributed by atoms with Gasteiger partial charge in [-0.3, -0.25) is 14.5 Å². The average molecular weight is 619 g/mol. The number of rotatable bonds is 9. The summed E-state index contributed by atoms with van der Waals surface area (Å²) >= 11 is 1.47. The number of ether oxygens (including phenoxy) is 2. The maximum absolute atomic E-state index is 13.2. The molecule has 0 unspecified atom stereocenters. The number of nitrogens with zero attached hydrogens (tertiary/aromatic N) is 2. The minimum absolute atomic E-state index is 0.0566. The van der Waals surface area contributed by atoms with E-state index >= 15 is 0 Å². The third kappa shape index (κ3) is 6.47. The molecule has 2 amide bonds. The molecule has 1 fully saturated rings. The van der Waals surface area contributed by atoms with Crippen LogP contribution in [0.15, 0.2) is 82.7 Å². The second-order valence-corrected chi connectivity index (χ2v) is 13.2. The number of hydrogen-bond donors (Lipinski definition) is 2. The first-order valence-corrected chi connectivity index (χ1v) is 16.2. The highest BCUT2D eigenvalue weighted by Crippen LogP contribution is 2.34. The fourth-order valence-electron chi connectivity index (χ4n) is 4.99. The summed E-state index contributed by atoms with van der Waals surface area (Å²) in [7, 11) is -3.94. The van der Waals surface area contributed by atoms with Crippen molar-refractivity contribution in [1.29, 1.82) is 0 Å². The number of fused-ring (bicyclic) bond motifs is 2. The van der Waals surface area contributed by atoms with Crippen LogP contribution in [0.3, 0.4) is 0 Å². The molecule has 10 nitrogen and oxygen atoms in total. The second-order valence-electron chi connectivity index (χ2n) is 10.2. The molecule has 2 N–H and O–H groups in total. The summed E-state index contributed by atoms with van der Waals surface area (Å²) in [6, 6.07) is 18.0. The Labute approximate surface area is 253 Å². The molecule has 0 aliphatic carbocycles. The van der Waals surface area contributed by atoms with E-state index in [0.29, 0.717) is 6.61 Å². The highest BCUT2D eigenvalue weighted by atomic mass is 32.2. The van der Waals surface area contributed by atoms with E-state index in [-0.39, 0.29) is 33.2 Å². The molecule has 3 aromatic carbocycles. The number of carbonyl (C=O) groups is 2. The molecule has 0 bridgehead atoms. The van der Waals surface area contributed by atoms with Crippen LogP contribution in [0.4, 0.5) is 5.69 Å².